The van der Waals surface area contributed by atoms with Gasteiger partial charge >= 0.3 is 5.97 Å². The van der Waals surface area contributed by atoms with E-state index in [0.717, 1.165) is 15.8 Å². The van der Waals surface area contributed by atoms with Crippen molar-refractivity contribution >= 4 is 27.8 Å². The van der Waals surface area contributed by atoms with E-state index >= 15 is 0 Å². The summed E-state index contributed by atoms with van der Waals surface area (Å²) in [6.07, 6.45) is 0. The summed E-state index contributed by atoms with van der Waals surface area (Å²) in [5.74, 6) is -0.183. The lowest BCUT2D eigenvalue weighted by atomic mass is 10.1. The van der Waals surface area contributed by atoms with Crippen LogP contribution in [0.3, 0.4) is 0 Å². The van der Waals surface area contributed by atoms with Gasteiger partial charge in [0.25, 0.3) is 5.91 Å². The van der Waals surface area contributed by atoms with Crippen LogP contribution in [0.5, 0.6) is 5.75 Å². The Morgan fingerprint density at radius 3 is 2.54 bits per heavy atom. The van der Waals surface area contributed by atoms with Gasteiger partial charge in [0.05, 0.1) is 18.7 Å². The van der Waals surface area contributed by atoms with Crippen molar-refractivity contribution in [3.8, 4) is 5.75 Å². The van der Waals surface area contributed by atoms with Crippen LogP contribution in [-0.2, 0) is 9.53 Å². The molecule has 0 aromatic heterocycles. The van der Waals surface area contributed by atoms with Gasteiger partial charge in [0.2, 0.25) is 0 Å². The minimum atomic E-state index is -0.535. The number of amides is 1. The molecule has 1 N–H and O–H groups in total. The number of carbonyl (C=O) groups is 2. The molecule has 0 fully saturated rings. The van der Waals surface area contributed by atoms with Crippen LogP contribution in [0.4, 0.5) is 0 Å². The Morgan fingerprint density at radius 2 is 1.88 bits per heavy atom. The van der Waals surface area contributed by atoms with Crippen LogP contribution in [0, 0.1) is 0 Å². The van der Waals surface area contributed by atoms with Gasteiger partial charge in [0, 0.05) is 4.47 Å². The molecule has 2 rings (SSSR count). The maximum atomic E-state index is 11.9. The van der Waals surface area contributed by atoms with Gasteiger partial charge in [0.1, 0.15) is 5.75 Å². The van der Waals surface area contributed by atoms with Crippen LogP contribution >= 0.6 is 15.9 Å². The Labute approximate surface area is 149 Å². The van der Waals surface area contributed by atoms with E-state index in [4.69, 9.17) is 9.47 Å². The molecule has 2 aromatic rings. The van der Waals surface area contributed by atoms with Gasteiger partial charge < -0.3 is 14.8 Å². The van der Waals surface area contributed by atoms with Crippen molar-refractivity contribution in [1.82, 2.24) is 5.32 Å². The molecule has 0 aliphatic heterocycles. The van der Waals surface area contributed by atoms with Gasteiger partial charge in [-0.2, -0.15) is 0 Å². The van der Waals surface area contributed by atoms with Crippen LogP contribution in [0.15, 0.2) is 53.0 Å². The van der Waals surface area contributed by atoms with Crippen molar-refractivity contribution in [1.29, 1.82) is 0 Å². The van der Waals surface area contributed by atoms with Gasteiger partial charge in [0.15, 0.2) is 6.61 Å². The molecule has 0 heterocycles. The van der Waals surface area contributed by atoms with Gasteiger partial charge in [-0.3, -0.25) is 4.79 Å². The normalized spacial score (nSPS) is 11.5. The number of carbonyl (C=O) groups excluding carboxylic acids is 2. The SMILES string of the molecule is COc1cccc(C(C)NC(=O)COC(=O)c2ccc(Br)cc2)c1. The smallest absolute Gasteiger partial charge is 0.338 e. The fourth-order valence-electron chi connectivity index (χ4n) is 2.08. The summed E-state index contributed by atoms with van der Waals surface area (Å²) >= 11 is 3.29. The molecule has 0 aliphatic carbocycles. The summed E-state index contributed by atoms with van der Waals surface area (Å²) in [5.41, 5.74) is 1.30. The Morgan fingerprint density at radius 1 is 1.17 bits per heavy atom. The topological polar surface area (TPSA) is 64.6 Å². The minimum absolute atomic E-state index is 0.223. The van der Waals surface area contributed by atoms with Gasteiger partial charge in [-0.25, -0.2) is 4.79 Å². The molecule has 24 heavy (non-hydrogen) atoms. The summed E-state index contributed by atoms with van der Waals surface area (Å²) < 4.78 is 11.0. The zero-order valence-electron chi connectivity index (χ0n) is 13.4. The fraction of sp³-hybridized carbons (Fsp3) is 0.222. The first-order chi connectivity index (χ1) is 11.5. The Balaban J connectivity index is 1.86. The predicted molar refractivity (Wildman–Crippen MR) is 94.0 cm³/mol. The Kier molecular flexibility index (Phi) is 6.37. The van der Waals surface area contributed by atoms with Crippen molar-refractivity contribution in [3.63, 3.8) is 0 Å². The quantitative estimate of drug-likeness (QED) is 0.765. The third-order valence-electron chi connectivity index (χ3n) is 3.39. The molecule has 1 unspecified atom stereocenters. The number of nitrogens with one attached hydrogen (secondary N) is 1. The highest BCUT2D eigenvalue weighted by Gasteiger charge is 2.13. The number of esters is 1. The number of ether oxygens (including phenoxy) is 2. The average Bonchev–Trinajstić information content (AvgIpc) is 2.60. The van der Waals surface area contributed by atoms with Gasteiger partial charge in [-0.15, -0.1) is 0 Å². The van der Waals surface area contributed by atoms with E-state index in [1.54, 1.807) is 31.4 Å². The Bertz CT molecular complexity index is 715. The lowest BCUT2D eigenvalue weighted by molar-refractivity contribution is -0.124. The second kappa shape index (κ2) is 8.49. The minimum Gasteiger partial charge on any atom is -0.497 e. The van der Waals surface area contributed by atoms with E-state index in [0.29, 0.717) is 5.56 Å². The maximum Gasteiger partial charge on any atom is 0.338 e. The highest BCUT2D eigenvalue weighted by atomic mass is 79.9. The summed E-state index contributed by atoms with van der Waals surface area (Å²) in [6.45, 7) is 1.52. The second-order valence-corrected chi connectivity index (χ2v) is 6.06. The number of halogens is 1. The number of benzene rings is 2. The molecule has 2 aromatic carbocycles. The molecule has 0 saturated carbocycles. The molecule has 6 heteroatoms. The molecule has 0 bridgehead atoms. The van der Waals surface area contributed by atoms with Gasteiger partial charge in [-0.1, -0.05) is 28.1 Å². The Hall–Kier alpha value is -2.34. The molecular formula is C18H18BrNO4. The lowest BCUT2D eigenvalue weighted by Crippen LogP contribution is -2.31. The monoisotopic (exact) mass is 391 g/mol. The van der Waals surface area contributed by atoms with Crippen molar-refractivity contribution in [3.05, 3.63) is 64.1 Å². The summed E-state index contributed by atoms with van der Waals surface area (Å²) in [4.78, 5) is 23.8. The highest BCUT2D eigenvalue weighted by Crippen LogP contribution is 2.18. The number of hydrogen-bond donors (Lipinski definition) is 1. The lowest BCUT2D eigenvalue weighted by Gasteiger charge is -2.15. The number of hydrogen-bond acceptors (Lipinski definition) is 4. The van der Waals surface area contributed by atoms with Crippen LogP contribution in [0.2, 0.25) is 0 Å². The molecule has 1 atom stereocenters. The fourth-order valence-corrected chi connectivity index (χ4v) is 2.34. The van der Waals surface area contributed by atoms with E-state index in [9.17, 15) is 9.59 Å². The molecule has 0 saturated heterocycles. The molecule has 126 valence electrons. The molecule has 0 spiro atoms. The largest absolute Gasteiger partial charge is 0.497 e. The van der Waals surface area contributed by atoms with Gasteiger partial charge in [-0.05, 0) is 48.9 Å². The molecular weight excluding hydrogens is 374 g/mol. The number of rotatable bonds is 6. The van der Waals surface area contributed by atoms with Crippen molar-refractivity contribution in [2.45, 2.75) is 13.0 Å². The third kappa shape index (κ3) is 5.09. The third-order valence-corrected chi connectivity index (χ3v) is 3.91. The molecule has 0 aliphatic rings. The standard InChI is InChI=1S/C18H18BrNO4/c1-12(14-4-3-5-16(10-14)23-2)20-17(21)11-24-18(22)13-6-8-15(19)9-7-13/h3-10,12H,11H2,1-2H3,(H,20,21). The predicted octanol–water partition coefficient (Wildman–Crippen LogP) is 3.49. The van der Waals surface area contributed by atoms with Crippen molar-refractivity contribution in [2.75, 3.05) is 13.7 Å². The molecule has 0 radical (unpaired) electrons. The van der Waals surface area contributed by atoms with Crippen LogP contribution in [-0.4, -0.2) is 25.6 Å². The summed E-state index contributed by atoms with van der Waals surface area (Å²) in [6, 6.07) is 13.9. The zero-order valence-corrected chi connectivity index (χ0v) is 15.0. The zero-order chi connectivity index (χ0) is 17.5. The number of methoxy groups -OCH3 is 1. The van der Waals surface area contributed by atoms with E-state index in [1.165, 1.54) is 0 Å². The van der Waals surface area contributed by atoms with Crippen LogP contribution in [0.25, 0.3) is 0 Å². The average molecular weight is 392 g/mol. The molecule has 5 nitrogen and oxygen atoms in total. The van der Waals surface area contributed by atoms with Crippen LogP contribution in [0.1, 0.15) is 28.9 Å². The van der Waals surface area contributed by atoms with Crippen molar-refractivity contribution < 1.29 is 19.1 Å². The van der Waals surface area contributed by atoms with E-state index in [2.05, 4.69) is 21.2 Å². The summed E-state index contributed by atoms with van der Waals surface area (Å²) in [5, 5.41) is 2.78. The summed E-state index contributed by atoms with van der Waals surface area (Å²) in [7, 11) is 1.59. The van der Waals surface area contributed by atoms with Crippen LogP contribution < -0.4 is 10.1 Å². The first-order valence-electron chi connectivity index (χ1n) is 7.35. The highest BCUT2D eigenvalue weighted by molar-refractivity contribution is 9.10. The first-order valence-corrected chi connectivity index (χ1v) is 8.15. The maximum absolute atomic E-state index is 11.9. The first kappa shape index (κ1) is 18.0. The van der Waals surface area contributed by atoms with Crippen molar-refractivity contribution in [2.24, 2.45) is 0 Å². The van der Waals surface area contributed by atoms with E-state index < -0.39 is 5.97 Å². The van der Waals surface area contributed by atoms with E-state index in [1.807, 2.05) is 31.2 Å². The van der Waals surface area contributed by atoms with E-state index in [-0.39, 0.29) is 18.6 Å². The second-order valence-electron chi connectivity index (χ2n) is 5.15. The molecule has 1 amide bonds.